The summed E-state index contributed by atoms with van der Waals surface area (Å²) in [7, 11) is 1.52. The van der Waals surface area contributed by atoms with Crippen LogP contribution in [-0.4, -0.2) is 19.6 Å². The normalized spacial score (nSPS) is 10.3. The van der Waals surface area contributed by atoms with E-state index in [0.717, 1.165) is 12.0 Å². The van der Waals surface area contributed by atoms with Gasteiger partial charge in [0, 0.05) is 16.7 Å². The van der Waals surface area contributed by atoms with Crippen LogP contribution >= 0.6 is 11.6 Å². The molecule has 5 nitrogen and oxygen atoms in total. The maximum Gasteiger partial charge on any atom is 0.255 e. The largest absolute Gasteiger partial charge is 0.495 e. The van der Waals surface area contributed by atoms with Gasteiger partial charge in [-0.2, -0.15) is 0 Å². The van der Waals surface area contributed by atoms with Crippen molar-refractivity contribution in [2.24, 2.45) is 0 Å². The highest BCUT2D eigenvalue weighted by molar-refractivity contribution is 6.31. The molecule has 0 unspecified atom stereocenters. The highest BCUT2D eigenvalue weighted by atomic mass is 35.5. The molecule has 0 heterocycles. The summed E-state index contributed by atoms with van der Waals surface area (Å²) >= 11 is 6.07. The van der Waals surface area contributed by atoms with Gasteiger partial charge in [-0.15, -0.1) is 0 Å². The van der Waals surface area contributed by atoms with Crippen LogP contribution in [0.1, 0.15) is 29.3 Å². The fourth-order valence-corrected chi connectivity index (χ4v) is 2.31. The zero-order valence-electron chi connectivity index (χ0n) is 14.0. The van der Waals surface area contributed by atoms with Gasteiger partial charge in [-0.05, 0) is 43.2 Å². The molecule has 0 bridgehead atoms. The molecular weight excluding hydrogens is 328 g/mol. The van der Waals surface area contributed by atoms with Gasteiger partial charge in [0.2, 0.25) is 0 Å². The quantitative estimate of drug-likeness (QED) is 0.764. The zero-order valence-corrected chi connectivity index (χ0v) is 14.7. The maximum absolute atomic E-state index is 12.5. The molecule has 2 aromatic rings. The van der Waals surface area contributed by atoms with E-state index in [1.807, 2.05) is 13.8 Å². The summed E-state index contributed by atoms with van der Waals surface area (Å²) in [6, 6.07) is 8.40. The number of halogens is 1. The summed E-state index contributed by atoms with van der Waals surface area (Å²) in [5.41, 5.74) is 8.20. The Kier molecular flexibility index (Phi) is 5.93. The number of nitrogens with one attached hydrogen (secondary N) is 1. The molecule has 0 saturated heterocycles. The molecule has 24 heavy (non-hydrogen) atoms. The zero-order chi connectivity index (χ0) is 17.7. The number of rotatable bonds is 6. The smallest absolute Gasteiger partial charge is 0.255 e. The van der Waals surface area contributed by atoms with Gasteiger partial charge < -0.3 is 20.5 Å². The Morgan fingerprint density at radius 2 is 2.00 bits per heavy atom. The number of aryl methyl sites for hydroxylation is 1. The third-order valence-electron chi connectivity index (χ3n) is 3.46. The van der Waals surface area contributed by atoms with Gasteiger partial charge in [-0.1, -0.05) is 18.5 Å². The molecule has 0 fully saturated rings. The number of amides is 1. The van der Waals surface area contributed by atoms with E-state index in [-0.39, 0.29) is 5.91 Å². The van der Waals surface area contributed by atoms with Crippen molar-refractivity contribution < 1.29 is 14.3 Å². The van der Waals surface area contributed by atoms with E-state index in [1.54, 1.807) is 30.3 Å². The van der Waals surface area contributed by atoms with Gasteiger partial charge in [0.1, 0.15) is 11.5 Å². The van der Waals surface area contributed by atoms with Crippen molar-refractivity contribution in [3.8, 4) is 11.5 Å². The number of ether oxygens (including phenoxy) is 2. The van der Waals surface area contributed by atoms with Gasteiger partial charge in [0.05, 0.1) is 25.1 Å². The van der Waals surface area contributed by atoms with Gasteiger partial charge >= 0.3 is 0 Å². The summed E-state index contributed by atoms with van der Waals surface area (Å²) in [6.45, 7) is 4.45. The van der Waals surface area contributed by atoms with Crippen molar-refractivity contribution in [3.05, 3.63) is 46.5 Å². The van der Waals surface area contributed by atoms with Crippen molar-refractivity contribution >= 4 is 28.9 Å². The summed E-state index contributed by atoms with van der Waals surface area (Å²) in [5.74, 6) is 0.784. The predicted molar refractivity (Wildman–Crippen MR) is 97.3 cm³/mol. The molecule has 0 aliphatic rings. The monoisotopic (exact) mass is 348 g/mol. The van der Waals surface area contributed by atoms with Gasteiger partial charge in [0.15, 0.2) is 0 Å². The van der Waals surface area contributed by atoms with E-state index in [4.69, 9.17) is 26.8 Å². The summed E-state index contributed by atoms with van der Waals surface area (Å²) in [6.07, 6.45) is 0.886. The SMILES string of the molecule is CCCOc1ccc(C(=O)Nc2cc(C)c(Cl)cc2OC)cc1N. The second-order valence-electron chi connectivity index (χ2n) is 5.36. The van der Waals surface area contributed by atoms with Crippen molar-refractivity contribution in [3.63, 3.8) is 0 Å². The van der Waals surface area contributed by atoms with Crippen LogP contribution in [0, 0.1) is 6.92 Å². The first-order valence-electron chi connectivity index (χ1n) is 7.64. The minimum Gasteiger partial charge on any atom is -0.495 e. The van der Waals surface area contributed by atoms with Crippen LogP contribution in [-0.2, 0) is 0 Å². The summed E-state index contributed by atoms with van der Waals surface area (Å²) in [5, 5.41) is 3.39. The Bertz CT molecular complexity index is 747. The number of methoxy groups -OCH3 is 1. The molecule has 0 spiro atoms. The summed E-state index contributed by atoms with van der Waals surface area (Å²) in [4.78, 5) is 12.5. The minimum absolute atomic E-state index is 0.288. The Morgan fingerprint density at radius 1 is 1.25 bits per heavy atom. The molecule has 0 saturated carbocycles. The molecule has 1 amide bonds. The Labute approximate surface area is 146 Å². The van der Waals surface area contributed by atoms with Crippen LogP contribution in [0.5, 0.6) is 11.5 Å². The number of nitrogens with two attached hydrogens (primary N) is 1. The summed E-state index contributed by atoms with van der Waals surface area (Å²) < 4.78 is 10.8. The standard InChI is InChI=1S/C18H21ClN2O3/c1-4-7-24-16-6-5-12(9-14(16)20)18(22)21-15-8-11(2)13(19)10-17(15)23-3/h5-6,8-10H,4,7,20H2,1-3H3,(H,21,22). The fraction of sp³-hybridized carbons (Fsp3) is 0.278. The lowest BCUT2D eigenvalue weighted by atomic mass is 10.1. The van der Waals surface area contributed by atoms with E-state index in [1.165, 1.54) is 7.11 Å². The van der Waals surface area contributed by atoms with Crippen molar-refractivity contribution in [2.75, 3.05) is 24.8 Å². The highest BCUT2D eigenvalue weighted by Gasteiger charge is 2.13. The van der Waals surface area contributed by atoms with Crippen molar-refractivity contribution in [1.82, 2.24) is 0 Å². The fourth-order valence-electron chi connectivity index (χ4n) is 2.16. The topological polar surface area (TPSA) is 73.6 Å². The Balaban J connectivity index is 2.21. The lowest BCUT2D eigenvalue weighted by Gasteiger charge is -2.13. The van der Waals surface area contributed by atoms with Gasteiger partial charge in [-0.25, -0.2) is 0 Å². The number of carbonyl (C=O) groups excluding carboxylic acids is 1. The second kappa shape index (κ2) is 7.93. The molecule has 2 aromatic carbocycles. The Hall–Kier alpha value is -2.40. The molecule has 128 valence electrons. The first-order chi connectivity index (χ1) is 11.5. The molecule has 0 aliphatic carbocycles. The third-order valence-corrected chi connectivity index (χ3v) is 3.87. The first-order valence-corrected chi connectivity index (χ1v) is 8.01. The van der Waals surface area contributed by atoms with Crippen LogP contribution in [0.25, 0.3) is 0 Å². The number of hydrogen-bond donors (Lipinski definition) is 2. The van der Waals surface area contributed by atoms with Crippen LogP contribution < -0.4 is 20.5 Å². The number of nitrogen functional groups attached to an aromatic ring is 1. The molecule has 6 heteroatoms. The van der Waals surface area contributed by atoms with Crippen LogP contribution in [0.4, 0.5) is 11.4 Å². The number of anilines is 2. The molecule has 3 N–H and O–H groups in total. The molecule has 0 atom stereocenters. The average molecular weight is 349 g/mol. The average Bonchev–Trinajstić information content (AvgIpc) is 2.56. The second-order valence-corrected chi connectivity index (χ2v) is 5.76. The molecule has 0 aromatic heterocycles. The third kappa shape index (κ3) is 4.11. The van der Waals surface area contributed by atoms with E-state index < -0.39 is 0 Å². The van der Waals surface area contributed by atoms with Gasteiger partial charge in [-0.3, -0.25) is 4.79 Å². The van der Waals surface area contributed by atoms with E-state index >= 15 is 0 Å². The lowest BCUT2D eigenvalue weighted by molar-refractivity contribution is 0.102. The number of benzene rings is 2. The van der Waals surface area contributed by atoms with Crippen LogP contribution in [0.3, 0.4) is 0 Å². The van der Waals surface area contributed by atoms with Crippen molar-refractivity contribution in [2.45, 2.75) is 20.3 Å². The molecular formula is C18H21ClN2O3. The van der Waals surface area contributed by atoms with E-state index in [9.17, 15) is 4.79 Å². The molecule has 0 aliphatic heterocycles. The van der Waals surface area contributed by atoms with E-state index in [2.05, 4.69) is 5.32 Å². The number of hydrogen-bond acceptors (Lipinski definition) is 4. The Morgan fingerprint density at radius 3 is 2.62 bits per heavy atom. The lowest BCUT2D eigenvalue weighted by Crippen LogP contribution is -2.13. The first kappa shape index (κ1) is 17.9. The minimum atomic E-state index is -0.288. The van der Waals surface area contributed by atoms with Crippen LogP contribution in [0.2, 0.25) is 5.02 Å². The molecule has 2 rings (SSSR count). The molecule has 0 radical (unpaired) electrons. The number of carbonyl (C=O) groups is 1. The van der Waals surface area contributed by atoms with Crippen molar-refractivity contribution in [1.29, 1.82) is 0 Å². The van der Waals surface area contributed by atoms with E-state index in [0.29, 0.717) is 40.1 Å². The highest BCUT2D eigenvalue weighted by Crippen LogP contribution is 2.31. The predicted octanol–water partition coefficient (Wildman–Crippen LogP) is 4.28. The maximum atomic E-state index is 12.5. The van der Waals surface area contributed by atoms with Gasteiger partial charge in [0.25, 0.3) is 5.91 Å². The van der Waals surface area contributed by atoms with Crippen LogP contribution in [0.15, 0.2) is 30.3 Å².